The fourth-order valence-corrected chi connectivity index (χ4v) is 7.69. The van der Waals surface area contributed by atoms with Crippen molar-refractivity contribution < 1.29 is 25.9 Å². The maximum absolute atomic E-state index is 5.67. The number of alkyl halides is 1. The molecule has 0 aliphatic heterocycles. The molecule has 0 spiro atoms. The van der Waals surface area contributed by atoms with Crippen LogP contribution in [0.5, 0.6) is 5.75 Å². The van der Waals surface area contributed by atoms with Crippen LogP contribution in [0.3, 0.4) is 0 Å². The van der Waals surface area contributed by atoms with E-state index in [1.807, 2.05) is 7.11 Å². The Balaban J connectivity index is 1.72. The quantitative estimate of drug-likeness (QED) is 0.521. The van der Waals surface area contributed by atoms with Gasteiger partial charge < -0.3 is 0 Å². The molecule has 2 saturated carbocycles. The zero-order valence-corrected chi connectivity index (χ0v) is 17.2. The summed E-state index contributed by atoms with van der Waals surface area (Å²) in [6.07, 6.45) is 8.50. The summed E-state index contributed by atoms with van der Waals surface area (Å²) in [6, 6.07) is 4.94. The number of hydrogen-bond donors (Lipinski definition) is 0. The van der Waals surface area contributed by atoms with Gasteiger partial charge in [0.2, 0.25) is 0 Å². The summed E-state index contributed by atoms with van der Waals surface area (Å²) in [5.74, 6) is 4.85. The van der Waals surface area contributed by atoms with E-state index in [4.69, 9.17) is 4.74 Å². The molecule has 2 heteroatoms. The van der Waals surface area contributed by atoms with Gasteiger partial charge in [0.15, 0.2) is 0 Å². The Morgan fingerprint density at radius 2 is 2.00 bits per heavy atom. The van der Waals surface area contributed by atoms with Crippen molar-refractivity contribution in [1.29, 1.82) is 0 Å². The first-order chi connectivity index (χ1) is 11.1. The van der Waals surface area contributed by atoms with Crippen LogP contribution in [0.4, 0.5) is 0 Å². The summed E-state index contributed by atoms with van der Waals surface area (Å²) in [6.45, 7) is 5.12. The molecule has 5 atom stereocenters. The van der Waals surface area contributed by atoms with Crippen LogP contribution in [0, 0.1) is 26.7 Å². The first-order valence-electron chi connectivity index (χ1n) is 9.28. The normalized spacial score (nSPS) is 38.8. The van der Waals surface area contributed by atoms with E-state index in [0.29, 0.717) is 5.41 Å². The van der Waals surface area contributed by atoms with Crippen molar-refractivity contribution in [1.82, 2.24) is 0 Å². The number of hydrogen-bond acceptors (Lipinski definition) is 1. The van der Waals surface area contributed by atoms with Gasteiger partial charge in [-0.2, -0.15) is 0 Å². The monoisotopic (exact) mass is 425 g/mol. The maximum atomic E-state index is 5.67. The van der Waals surface area contributed by atoms with Crippen LogP contribution in [0.25, 0.3) is 0 Å². The predicted octanol–water partition coefficient (Wildman–Crippen LogP) is 2.08. The molecular weight excluding hydrogens is 395 g/mol. The number of rotatable bonds is 2. The minimum absolute atomic E-state index is 0.0843. The van der Waals surface area contributed by atoms with Gasteiger partial charge in [0.1, 0.15) is 0 Å². The summed E-state index contributed by atoms with van der Waals surface area (Å²) in [7, 11) is 1.84. The van der Waals surface area contributed by atoms with Gasteiger partial charge in [-0.15, -0.1) is 0 Å². The summed E-state index contributed by atoms with van der Waals surface area (Å²) in [5.41, 5.74) is 3.94. The molecule has 0 bridgehead atoms. The van der Waals surface area contributed by atoms with Crippen molar-refractivity contribution in [2.45, 2.75) is 58.3 Å². The van der Waals surface area contributed by atoms with Gasteiger partial charge in [-0.1, -0.05) is 0 Å². The molecule has 0 heterocycles. The van der Waals surface area contributed by atoms with Crippen LogP contribution < -0.4 is 25.9 Å². The van der Waals surface area contributed by atoms with Gasteiger partial charge in [0.25, 0.3) is 0 Å². The van der Waals surface area contributed by atoms with Gasteiger partial charge in [0, 0.05) is 0 Å². The molecule has 1 aromatic rings. The Labute approximate surface area is 151 Å². The number of halogens is 1. The van der Waals surface area contributed by atoms with Gasteiger partial charge in [0.05, 0.1) is 0 Å². The molecule has 0 saturated heterocycles. The van der Waals surface area contributed by atoms with E-state index in [1.165, 1.54) is 42.1 Å². The third-order valence-corrected chi connectivity index (χ3v) is 9.68. The molecule has 0 N–H and O–H groups in total. The zero-order chi connectivity index (χ0) is 16.2. The average molecular weight is 425 g/mol. The number of benzene rings is 1. The molecule has 3 unspecified atom stereocenters. The third kappa shape index (κ3) is 2.38. The van der Waals surface area contributed by atoms with E-state index in [-0.39, 0.29) is 21.2 Å². The fourth-order valence-electron chi connectivity index (χ4n) is 6.14. The molecule has 0 radical (unpaired) electrons. The van der Waals surface area contributed by atoms with Crippen molar-refractivity contribution in [2.24, 2.45) is 23.2 Å². The molecule has 23 heavy (non-hydrogen) atoms. The topological polar surface area (TPSA) is 9.23 Å². The van der Waals surface area contributed by atoms with Gasteiger partial charge in [-0.3, -0.25) is 0 Å². The predicted molar refractivity (Wildman–Crippen MR) is 91.4 cm³/mol. The van der Waals surface area contributed by atoms with E-state index in [2.05, 4.69) is 30.9 Å². The molecule has 0 aromatic heterocycles. The SMILES string of the molecule is COc1cc2c(cc1[I-]C)C1CC[C@@]3(C)C(CC[C@@H]3C)C1CC2. The molecule has 1 aromatic carbocycles. The molecule has 128 valence electrons. The molecule has 4 rings (SSSR count). The molecule has 0 amide bonds. The summed E-state index contributed by atoms with van der Waals surface area (Å²) in [5, 5.41) is 0. The number of fused-ring (bicyclic) bond motifs is 5. The van der Waals surface area contributed by atoms with Crippen molar-refractivity contribution in [3.05, 3.63) is 26.8 Å². The second kappa shape index (κ2) is 5.93. The Bertz CT molecular complexity index is 610. The fraction of sp³-hybridized carbons (Fsp3) is 0.714. The summed E-state index contributed by atoms with van der Waals surface area (Å²) in [4.78, 5) is 2.36. The van der Waals surface area contributed by atoms with Gasteiger partial charge in [-0.05, 0) is 0 Å². The van der Waals surface area contributed by atoms with Crippen LogP contribution in [0.1, 0.15) is 63.0 Å². The van der Waals surface area contributed by atoms with E-state index >= 15 is 0 Å². The standard InChI is InChI=1S/C21H30IO/c1-13-5-8-18-16-7-6-14-11-20(23-4)19(22-3)12-17(14)15(16)9-10-21(13,18)2/h11-13,15-16,18H,5-10H2,1-4H3/q-1/t13-,15?,16?,18?,21+/m0/s1. The molecule has 1 nitrogen and oxygen atoms in total. The second-order valence-electron chi connectivity index (χ2n) is 8.31. The van der Waals surface area contributed by atoms with Crippen LogP contribution in [-0.4, -0.2) is 12.0 Å². The van der Waals surface area contributed by atoms with E-state index < -0.39 is 0 Å². The summed E-state index contributed by atoms with van der Waals surface area (Å²) >= 11 is 0.0843. The number of methoxy groups -OCH3 is 1. The first-order valence-corrected chi connectivity index (χ1v) is 12.5. The van der Waals surface area contributed by atoms with Gasteiger partial charge in [-0.25, -0.2) is 0 Å². The summed E-state index contributed by atoms with van der Waals surface area (Å²) < 4.78 is 7.18. The van der Waals surface area contributed by atoms with Crippen molar-refractivity contribution >= 4 is 0 Å². The molecular formula is C21H30IO-. The third-order valence-electron chi connectivity index (χ3n) is 7.67. The van der Waals surface area contributed by atoms with Crippen molar-refractivity contribution in [3.8, 4) is 5.75 Å². The van der Waals surface area contributed by atoms with Crippen LogP contribution >= 0.6 is 0 Å². The van der Waals surface area contributed by atoms with Crippen LogP contribution in [0.2, 0.25) is 0 Å². The zero-order valence-electron chi connectivity index (χ0n) is 15.0. The van der Waals surface area contributed by atoms with Crippen molar-refractivity contribution in [2.75, 3.05) is 12.0 Å². The first kappa shape index (κ1) is 16.2. The molecule has 3 aliphatic rings. The van der Waals surface area contributed by atoms with Gasteiger partial charge >= 0.3 is 152 Å². The number of aryl methyl sites for hydroxylation is 1. The average Bonchev–Trinajstić information content (AvgIpc) is 2.88. The number of ether oxygens (including phenoxy) is 1. The van der Waals surface area contributed by atoms with E-state index in [0.717, 1.165) is 29.4 Å². The van der Waals surface area contributed by atoms with E-state index in [9.17, 15) is 0 Å². The molecule has 3 aliphatic carbocycles. The minimum atomic E-state index is 0.0843. The van der Waals surface area contributed by atoms with Crippen LogP contribution in [-0.2, 0) is 6.42 Å². The Morgan fingerprint density at radius 3 is 2.74 bits per heavy atom. The Morgan fingerprint density at radius 1 is 1.17 bits per heavy atom. The van der Waals surface area contributed by atoms with E-state index in [1.54, 1.807) is 11.1 Å². The second-order valence-corrected chi connectivity index (χ2v) is 10.6. The van der Waals surface area contributed by atoms with Crippen LogP contribution in [0.15, 0.2) is 12.1 Å². The Kier molecular flexibility index (Phi) is 4.18. The van der Waals surface area contributed by atoms with Crippen molar-refractivity contribution in [3.63, 3.8) is 0 Å². The molecule has 2 fully saturated rings. The Hall–Kier alpha value is -0.250.